The SMILES string of the molecule is CCCCC(NC(=O)C(Cc1ccccc1)NC(=O)c1cccnc1)C(=O)O. The molecular weight excluding hydrogens is 358 g/mol. The van der Waals surface area contributed by atoms with Gasteiger partial charge in [0, 0.05) is 18.8 Å². The molecule has 0 aliphatic carbocycles. The maximum atomic E-state index is 12.8. The number of carbonyl (C=O) groups excluding carboxylic acids is 2. The predicted molar refractivity (Wildman–Crippen MR) is 105 cm³/mol. The van der Waals surface area contributed by atoms with Crippen molar-refractivity contribution >= 4 is 17.8 Å². The van der Waals surface area contributed by atoms with Gasteiger partial charge in [0.1, 0.15) is 12.1 Å². The van der Waals surface area contributed by atoms with Crippen molar-refractivity contribution in [3.05, 3.63) is 66.0 Å². The second kappa shape index (κ2) is 10.8. The fraction of sp³-hybridized carbons (Fsp3) is 0.333. The molecular formula is C21H25N3O4. The number of amides is 2. The van der Waals surface area contributed by atoms with Gasteiger partial charge in [0.15, 0.2) is 0 Å². The monoisotopic (exact) mass is 383 g/mol. The molecule has 0 saturated heterocycles. The molecule has 28 heavy (non-hydrogen) atoms. The van der Waals surface area contributed by atoms with Crippen molar-refractivity contribution in [1.29, 1.82) is 0 Å². The van der Waals surface area contributed by atoms with Crippen molar-refractivity contribution in [1.82, 2.24) is 15.6 Å². The Balaban J connectivity index is 2.15. The van der Waals surface area contributed by atoms with E-state index in [0.717, 1.165) is 12.0 Å². The molecule has 0 bridgehead atoms. The van der Waals surface area contributed by atoms with Crippen LogP contribution >= 0.6 is 0 Å². The summed E-state index contributed by atoms with van der Waals surface area (Å²) in [4.78, 5) is 40.6. The number of pyridine rings is 1. The van der Waals surface area contributed by atoms with Crippen LogP contribution in [0.1, 0.15) is 42.1 Å². The molecule has 2 aromatic rings. The third-order valence-electron chi connectivity index (χ3n) is 4.29. The van der Waals surface area contributed by atoms with E-state index in [9.17, 15) is 19.5 Å². The minimum atomic E-state index is -1.08. The van der Waals surface area contributed by atoms with E-state index in [1.165, 1.54) is 6.20 Å². The molecule has 0 radical (unpaired) electrons. The van der Waals surface area contributed by atoms with Crippen LogP contribution in [0.4, 0.5) is 0 Å². The van der Waals surface area contributed by atoms with E-state index in [4.69, 9.17) is 0 Å². The fourth-order valence-electron chi connectivity index (χ4n) is 2.74. The third kappa shape index (κ3) is 6.50. The van der Waals surface area contributed by atoms with E-state index < -0.39 is 29.9 Å². The maximum absolute atomic E-state index is 12.8. The minimum absolute atomic E-state index is 0.249. The van der Waals surface area contributed by atoms with Gasteiger partial charge in [-0.05, 0) is 24.1 Å². The number of rotatable bonds is 10. The number of carboxylic acids is 1. The summed E-state index contributed by atoms with van der Waals surface area (Å²) in [5.41, 5.74) is 1.18. The van der Waals surface area contributed by atoms with E-state index in [0.29, 0.717) is 18.4 Å². The maximum Gasteiger partial charge on any atom is 0.326 e. The Morgan fingerprint density at radius 2 is 1.79 bits per heavy atom. The first-order chi connectivity index (χ1) is 13.5. The molecule has 2 rings (SSSR count). The summed E-state index contributed by atoms with van der Waals surface area (Å²) in [7, 11) is 0. The lowest BCUT2D eigenvalue weighted by atomic mass is 10.0. The summed E-state index contributed by atoms with van der Waals surface area (Å²) < 4.78 is 0. The summed E-state index contributed by atoms with van der Waals surface area (Å²) in [6.45, 7) is 1.95. The topological polar surface area (TPSA) is 108 Å². The molecule has 2 amide bonds. The van der Waals surface area contributed by atoms with E-state index in [1.54, 1.807) is 18.3 Å². The number of aromatic nitrogens is 1. The number of carbonyl (C=O) groups is 3. The number of aliphatic carboxylic acids is 1. The zero-order valence-electron chi connectivity index (χ0n) is 15.8. The average molecular weight is 383 g/mol. The van der Waals surface area contributed by atoms with Gasteiger partial charge in [-0.25, -0.2) is 4.79 Å². The van der Waals surface area contributed by atoms with Gasteiger partial charge < -0.3 is 15.7 Å². The van der Waals surface area contributed by atoms with Crippen LogP contribution in [0, 0.1) is 0 Å². The summed E-state index contributed by atoms with van der Waals surface area (Å²) in [6.07, 6.45) is 5.06. The Labute approximate surface area is 164 Å². The molecule has 3 N–H and O–H groups in total. The molecule has 2 unspecified atom stereocenters. The molecule has 0 aliphatic heterocycles. The van der Waals surface area contributed by atoms with Crippen LogP contribution in [0.2, 0.25) is 0 Å². The first-order valence-corrected chi connectivity index (χ1v) is 9.29. The van der Waals surface area contributed by atoms with Gasteiger partial charge in [0.05, 0.1) is 5.56 Å². The van der Waals surface area contributed by atoms with Crippen LogP contribution < -0.4 is 10.6 Å². The van der Waals surface area contributed by atoms with E-state index >= 15 is 0 Å². The number of hydrogen-bond acceptors (Lipinski definition) is 4. The highest BCUT2D eigenvalue weighted by molar-refractivity contribution is 5.98. The van der Waals surface area contributed by atoms with Crippen LogP contribution in [0.25, 0.3) is 0 Å². The van der Waals surface area contributed by atoms with E-state index in [2.05, 4.69) is 15.6 Å². The largest absolute Gasteiger partial charge is 0.480 e. The Kier molecular flexibility index (Phi) is 8.14. The summed E-state index contributed by atoms with van der Waals surface area (Å²) in [6, 6.07) is 10.6. The number of carboxylic acid groups (broad SMARTS) is 1. The molecule has 0 saturated carbocycles. The zero-order chi connectivity index (χ0) is 20.4. The van der Waals surface area contributed by atoms with Crippen molar-refractivity contribution in [2.24, 2.45) is 0 Å². The highest BCUT2D eigenvalue weighted by Crippen LogP contribution is 2.07. The highest BCUT2D eigenvalue weighted by Gasteiger charge is 2.26. The minimum Gasteiger partial charge on any atom is -0.480 e. The number of benzene rings is 1. The standard InChI is InChI=1S/C21H25N3O4/c1-2-3-11-17(21(27)28)23-20(26)18(13-15-8-5-4-6-9-15)24-19(25)16-10-7-12-22-14-16/h4-10,12,14,17-18H,2-3,11,13H2,1H3,(H,23,26)(H,24,25)(H,27,28). The molecule has 7 nitrogen and oxygen atoms in total. The van der Waals surface area contributed by atoms with Gasteiger partial charge in [-0.3, -0.25) is 14.6 Å². The van der Waals surface area contributed by atoms with Crippen molar-refractivity contribution in [3.63, 3.8) is 0 Å². The van der Waals surface area contributed by atoms with Crippen LogP contribution in [0.5, 0.6) is 0 Å². The van der Waals surface area contributed by atoms with Gasteiger partial charge in [0.25, 0.3) is 5.91 Å². The summed E-state index contributed by atoms with van der Waals surface area (Å²) >= 11 is 0. The van der Waals surface area contributed by atoms with Crippen LogP contribution in [0.3, 0.4) is 0 Å². The Bertz CT molecular complexity index is 781. The lowest BCUT2D eigenvalue weighted by Crippen LogP contribution is -2.52. The molecule has 7 heteroatoms. The smallest absolute Gasteiger partial charge is 0.326 e. The molecule has 0 fully saturated rings. The summed E-state index contributed by atoms with van der Waals surface area (Å²) in [5.74, 6) is -2.05. The average Bonchev–Trinajstić information content (AvgIpc) is 2.71. The van der Waals surface area contributed by atoms with Crippen molar-refractivity contribution in [3.8, 4) is 0 Å². The lowest BCUT2D eigenvalue weighted by molar-refractivity contribution is -0.142. The van der Waals surface area contributed by atoms with Gasteiger partial charge in [-0.2, -0.15) is 0 Å². The van der Waals surface area contributed by atoms with Gasteiger partial charge in [0.2, 0.25) is 5.91 Å². The second-order valence-corrected chi connectivity index (χ2v) is 6.50. The normalized spacial score (nSPS) is 12.6. The zero-order valence-corrected chi connectivity index (χ0v) is 15.8. The number of unbranched alkanes of at least 4 members (excludes halogenated alkanes) is 1. The Morgan fingerprint density at radius 1 is 1.04 bits per heavy atom. The van der Waals surface area contributed by atoms with Crippen LogP contribution in [-0.4, -0.2) is 40.0 Å². The first-order valence-electron chi connectivity index (χ1n) is 9.29. The Hall–Kier alpha value is -3.22. The molecule has 0 spiro atoms. The number of nitrogens with one attached hydrogen (secondary N) is 2. The first kappa shape index (κ1) is 21.1. The van der Waals surface area contributed by atoms with Crippen molar-refractivity contribution in [2.45, 2.75) is 44.7 Å². The van der Waals surface area contributed by atoms with E-state index in [1.807, 2.05) is 37.3 Å². The fourth-order valence-corrected chi connectivity index (χ4v) is 2.74. The molecule has 2 atom stereocenters. The lowest BCUT2D eigenvalue weighted by Gasteiger charge is -2.21. The Morgan fingerprint density at radius 3 is 2.39 bits per heavy atom. The quantitative estimate of drug-likeness (QED) is 0.583. The number of nitrogens with zero attached hydrogens (tertiary/aromatic N) is 1. The molecule has 1 aromatic heterocycles. The van der Waals surface area contributed by atoms with Crippen LogP contribution in [-0.2, 0) is 16.0 Å². The van der Waals surface area contributed by atoms with E-state index in [-0.39, 0.29) is 6.42 Å². The molecule has 148 valence electrons. The van der Waals surface area contributed by atoms with Crippen LogP contribution in [0.15, 0.2) is 54.9 Å². The van der Waals surface area contributed by atoms with Gasteiger partial charge >= 0.3 is 5.97 Å². The molecule has 1 heterocycles. The molecule has 0 aliphatic rings. The third-order valence-corrected chi connectivity index (χ3v) is 4.29. The second-order valence-electron chi connectivity index (χ2n) is 6.50. The van der Waals surface area contributed by atoms with Crippen molar-refractivity contribution in [2.75, 3.05) is 0 Å². The van der Waals surface area contributed by atoms with Crippen molar-refractivity contribution < 1.29 is 19.5 Å². The summed E-state index contributed by atoms with van der Waals surface area (Å²) in [5, 5.41) is 14.6. The number of hydrogen-bond donors (Lipinski definition) is 3. The predicted octanol–water partition coefficient (Wildman–Crippen LogP) is 2.18. The van der Waals surface area contributed by atoms with Gasteiger partial charge in [-0.15, -0.1) is 0 Å². The molecule has 1 aromatic carbocycles. The van der Waals surface area contributed by atoms with Gasteiger partial charge in [-0.1, -0.05) is 50.1 Å². The highest BCUT2D eigenvalue weighted by atomic mass is 16.4.